The van der Waals surface area contributed by atoms with Gasteiger partial charge >= 0.3 is 0 Å². The van der Waals surface area contributed by atoms with E-state index in [9.17, 15) is 18.3 Å². The maximum atomic E-state index is 12.6. The Morgan fingerprint density at radius 3 is 2.41 bits per heavy atom. The Bertz CT molecular complexity index is 1120. The van der Waals surface area contributed by atoms with E-state index in [-0.39, 0.29) is 27.8 Å². The van der Waals surface area contributed by atoms with E-state index in [2.05, 4.69) is 4.72 Å². The number of pyridine rings is 1. The highest BCUT2D eigenvalue weighted by Crippen LogP contribution is 2.34. The van der Waals surface area contributed by atoms with Gasteiger partial charge in [-0.25, -0.2) is 8.42 Å². The summed E-state index contributed by atoms with van der Waals surface area (Å²) in [4.78, 5) is 11.6. The van der Waals surface area contributed by atoms with E-state index in [1.165, 1.54) is 29.0 Å². The number of nitrogens with one attached hydrogen (secondary N) is 1. The highest BCUT2D eigenvalue weighted by Gasteiger charge is 2.23. The summed E-state index contributed by atoms with van der Waals surface area (Å²) < 4.78 is 28.9. The maximum Gasteiger partial charge on any atom is 0.267 e. The van der Waals surface area contributed by atoms with E-state index >= 15 is 0 Å². The normalized spacial score (nSPS) is 11.3. The third-order valence-electron chi connectivity index (χ3n) is 3.69. The monoisotopic (exact) mass is 424 g/mol. The van der Waals surface area contributed by atoms with Gasteiger partial charge in [0.15, 0.2) is 0 Å². The molecule has 140 valence electrons. The quantitative estimate of drug-likeness (QED) is 0.653. The lowest BCUT2D eigenvalue weighted by atomic mass is 10.2. The summed E-state index contributed by atoms with van der Waals surface area (Å²) in [6.45, 7) is 0.280. The molecule has 2 aromatic carbocycles. The SMILES string of the molecule is O=c1ccc(NS(=O)(=O)c2c(O)cc(Cl)cc2Cl)cn1Cc1ccccc1. The van der Waals surface area contributed by atoms with Crippen LogP contribution in [-0.2, 0) is 16.6 Å². The van der Waals surface area contributed by atoms with Crippen LogP contribution < -0.4 is 10.3 Å². The first-order valence-electron chi connectivity index (χ1n) is 7.71. The highest BCUT2D eigenvalue weighted by molar-refractivity contribution is 7.93. The lowest BCUT2D eigenvalue weighted by Crippen LogP contribution is -2.21. The third-order valence-corrected chi connectivity index (χ3v) is 5.79. The zero-order valence-electron chi connectivity index (χ0n) is 13.8. The second-order valence-electron chi connectivity index (χ2n) is 5.71. The molecule has 0 saturated heterocycles. The molecule has 0 amide bonds. The third kappa shape index (κ3) is 4.44. The van der Waals surface area contributed by atoms with E-state index in [1.807, 2.05) is 30.3 Å². The largest absolute Gasteiger partial charge is 0.506 e. The summed E-state index contributed by atoms with van der Waals surface area (Å²) in [6, 6.07) is 14.2. The number of aromatic hydroxyl groups is 1. The fraction of sp³-hybridized carbons (Fsp3) is 0.0556. The Balaban J connectivity index is 1.94. The van der Waals surface area contributed by atoms with E-state index in [0.717, 1.165) is 11.6 Å². The molecule has 1 aromatic heterocycles. The summed E-state index contributed by atoms with van der Waals surface area (Å²) >= 11 is 11.7. The lowest BCUT2D eigenvalue weighted by molar-refractivity contribution is 0.459. The number of halogens is 2. The van der Waals surface area contributed by atoms with Crippen LogP contribution >= 0.6 is 23.2 Å². The molecule has 0 aliphatic heterocycles. The first kappa shape index (κ1) is 19.3. The van der Waals surface area contributed by atoms with Crippen molar-refractivity contribution in [1.29, 1.82) is 0 Å². The van der Waals surface area contributed by atoms with Crippen molar-refractivity contribution in [2.75, 3.05) is 4.72 Å². The Morgan fingerprint density at radius 1 is 1.04 bits per heavy atom. The van der Waals surface area contributed by atoms with Gasteiger partial charge in [0.2, 0.25) is 0 Å². The molecule has 3 aromatic rings. The summed E-state index contributed by atoms with van der Waals surface area (Å²) in [7, 11) is -4.20. The number of rotatable bonds is 5. The highest BCUT2D eigenvalue weighted by atomic mass is 35.5. The summed E-state index contributed by atoms with van der Waals surface area (Å²) in [6.07, 6.45) is 1.38. The average molecular weight is 425 g/mol. The topological polar surface area (TPSA) is 88.4 Å². The fourth-order valence-corrected chi connectivity index (χ4v) is 4.48. The molecule has 2 N–H and O–H groups in total. The summed E-state index contributed by atoms with van der Waals surface area (Å²) in [5.74, 6) is -0.572. The van der Waals surface area contributed by atoms with Crippen molar-refractivity contribution in [2.45, 2.75) is 11.4 Å². The van der Waals surface area contributed by atoms with Gasteiger partial charge in [0.05, 0.1) is 17.3 Å². The predicted octanol–water partition coefficient (Wildman–Crippen LogP) is 3.71. The van der Waals surface area contributed by atoms with Crippen LogP contribution in [0.4, 0.5) is 5.69 Å². The molecule has 9 heteroatoms. The zero-order chi connectivity index (χ0) is 19.6. The fourth-order valence-electron chi connectivity index (χ4n) is 2.51. The Hall–Kier alpha value is -2.48. The molecular weight excluding hydrogens is 411 g/mol. The van der Waals surface area contributed by atoms with Gasteiger partial charge in [-0.15, -0.1) is 0 Å². The maximum absolute atomic E-state index is 12.6. The van der Waals surface area contributed by atoms with Gasteiger partial charge in [-0.3, -0.25) is 9.52 Å². The minimum absolute atomic E-state index is 0.105. The molecule has 0 radical (unpaired) electrons. The molecule has 0 fully saturated rings. The number of hydrogen-bond acceptors (Lipinski definition) is 4. The number of phenols is 1. The van der Waals surface area contributed by atoms with Crippen LogP contribution in [0, 0.1) is 0 Å². The second-order valence-corrected chi connectivity index (χ2v) is 8.17. The van der Waals surface area contributed by atoms with Crippen molar-refractivity contribution in [3.05, 3.63) is 86.8 Å². The molecule has 0 unspecified atom stereocenters. The molecule has 0 aliphatic carbocycles. The van der Waals surface area contributed by atoms with Gasteiger partial charge in [0.25, 0.3) is 15.6 Å². The predicted molar refractivity (Wildman–Crippen MR) is 105 cm³/mol. The van der Waals surface area contributed by atoms with Crippen molar-refractivity contribution >= 4 is 38.9 Å². The molecule has 3 rings (SSSR count). The second kappa shape index (κ2) is 7.64. The van der Waals surface area contributed by atoms with E-state index < -0.39 is 20.7 Å². The molecule has 1 heterocycles. The number of nitrogens with zero attached hydrogens (tertiary/aromatic N) is 1. The number of aromatic nitrogens is 1. The molecule has 0 aliphatic rings. The van der Waals surface area contributed by atoms with E-state index in [0.29, 0.717) is 0 Å². The average Bonchev–Trinajstić information content (AvgIpc) is 2.57. The van der Waals surface area contributed by atoms with Crippen LogP contribution in [0.1, 0.15) is 5.56 Å². The summed E-state index contributed by atoms with van der Waals surface area (Å²) in [5.41, 5.74) is 0.753. The van der Waals surface area contributed by atoms with Crippen molar-refractivity contribution in [2.24, 2.45) is 0 Å². The van der Waals surface area contributed by atoms with Gasteiger partial charge in [0.1, 0.15) is 10.6 Å². The van der Waals surface area contributed by atoms with Crippen LogP contribution in [0.5, 0.6) is 5.75 Å². The van der Waals surface area contributed by atoms with Crippen molar-refractivity contribution < 1.29 is 13.5 Å². The smallest absolute Gasteiger partial charge is 0.267 e. The lowest BCUT2D eigenvalue weighted by Gasteiger charge is -2.13. The van der Waals surface area contributed by atoms with Crippen LogP contribution in [0.3, 0.4) is 0 Å². The molecule has 0 spiro atoms. The zero-order valence-corrected chi connectivity index (χ0v) is 16.1. The molecule has 0 bridgehead atoms. The Labute approximate surface area is 165 Å². The van der Waals surface area contributed by atoms with Gasteiger partial charge in [-0.2, -0.15) is 0 Å². The van der Waals surface area contributed by atoms with Crippen LogP contribution in [0.2, 0.25) is 10.0 Å². The van der Waals surface area contributed by atoms with Crippen molar-refractivity contribution in [3.63, 3.8) is 0 Å². The number of benzene rings is 2. The van der Waals surface area contributed by atoms with Gasteiger partial charge < -0.3 is 9.67 Å². The molecule has 0 atom stereocenters. The van der Waals surface area contributed by atoms with Crippen LogP contribution in [0.25, 0.3) is 0 Å². The van der Waals surface area contributed by atoms with Crippen molar-refractivity contribution in [1.82, 2.24) is 4.57 Å². The van der Waals surface area contributed by atoms with Gasteiger partial charge in [-0.05, 0) is 17.7 Å². The number of anilines is 1. The number of hydrogen-bond donors (Lipinski definition) is 2. The van der Waals surface area contributed by atoms with Crippen LogP contribution in [0.15, 0.2) is 70.5 Å². The van der Waals surface area contributed by atoms with E-state index in [1.54, 1.807) is 0 Å². The number of phenolic OH excluding ortho intramolecular Hbond substituents is 1. The van der Waals surface area contributed by atoms with Gasteiger partial charge in [-0.1, -0.05) is 53.5 Å². The first-order chi connectivity index (χ1) is 12.8. The summed E-state index contributed by atoms with van der Waals surface area (Å²) in [5, 5.41) is 9.82. The Morgan fingerprint density at radius 2 is 1.74 bits per heavy atom. The van der Waals surface area contributed by atoms with Crippen LogP contribution in [-0.4, -0.2) is 18.1 Å². The minimum Gasteiger partial charge on any atom is -0.506 e. The van der Waals surface area contributed by atoms with E-state index in [4.69, 9.17) is 23.2 Å². The Kier molecular flexibility index (Phi) is 5.46. The molecule has 27 heavy (non-hydrogen) atoms. The minimum atomic E-state index is -4.20. The first-order valence-corrected chi connectivity index (χ1v) is 9.95. The number of sulfonamides is 1. The standard InChI is InChI=1S/C18H14Cl2N2O4S/c19-13-8-15(20)18(16(23)9-13)27(25,26)21-14-6-7-17(24)22(11-14)10-12-4-2-1-3-5-12/h1-9,11,21,23H,10H2. The molecule has 0 saturated carbocycles. The van der Waals surface area contributed by atoms with Gasteiger partial charge in [0, 0.05) is 23.4 Å². The molecule has 6 nitrogen and oxygen atoms in total. The van der Waals surface area contributed by atoms with Crippen molar-refractivity contribution in [3.8, 4) is 5.75 Å². The molecular formula is C18H14Cl2N2O4S.